The molecule has 0 aromatic heterocycles. The van der Waals surface area contributed by atoms with Crippen molar-refractivity contribution in [1.82, 2.24) is 4.90 Å². The number of aryl methyl sites for hydroxylation is 1. The molecule has 2 nitrogen and oxygen atoms in total. The SMILES string of the molecule is CCc1ccc(C(C)(C)C)cc1C(C(C)CO)N1CCCC1. The largest absolute Gasteiger partial charge is 0.396 e. The molecule has 0 saturated carbocycles. The molecular formula is C20H33NO. The highest BCUT2D eigenvalue weighted by Gasteiger charge is 2.30. The van der Waals surface area contributed by atoms with Crippen molar-refractivity contribution in [1.29, 1.82) is 0 Å². The van der Waals surface area contributed by atoms with Crippen molar-refractivity contribution in [3.63, 3.8) is 0 Å². The molecule has 1 aromatic rings. The normalized spacial score (nSPS) is 19.4. The topological polar surface area (TPSA) is 23.5 Å². The van der Waals surface area contributed by atoms with Crippen LogP contribution in [0.5, 0.6) is 0 Å². The third-order valence-electron chi connectivity index (χ3n) is 5.07. The quantitative estimate of drug-likeness (QED) is 0.876. The van der Waals surface area contributed by atoms with Gasteiger partial charge in [-0.2, -0.15) is 0 Å². The molecule has 1 N–H and O–H groups in total. The van der Waals surface area contributed by atoms with Crippen LogP contribution >= 0.6 is 0 Å². The van der Waals surface area contributed by atoms with Gasteiger partial charge in [-0.05, 0) is 60.4 Å². The van der Waals surface area contributed by atoms with Gasteiger partial charge in [-0.15, -0.1) is 0 Å². The third kappa shape index (κ3) is 3.72. The molecule has 0 aliphatic carbocycles. The van der Waals surface area contributed by atoms with E-state index >= 15 is 0 Å². The van der Waals surface area contributed by atoms with Crippen LogP contribution in [0.15, 0.2) is 18.2 Å². The predicted molar refractivity (Wildman–Crippen MR) is 94.3 cm³/mol. The molecule has 1 aliphatic rings. The zero-order valence-corrected chi connectivity index (χ0v) is 15.0. The highest BCUT2D eigenvalue weighted by atomic mass is 16.3. The van der Waals surface area contributed by atoms with Gasteiger partial charge in [0.1, 0.15) is 0 Å². The maximum Gasteiger partial charge on any atom is 0.0474 e. The minimum absolute atomic E-state index is 0.166. The lowest BCUT2D eigenvalue weighted by molar-refractivity contribution is 0.125. The summed E-state index contributed by atoms with van der Waals surface area (Å²) in [7, 11) is 0. The number of hydrogen-bond acceptors (Lipinski definition) is 2. The maximum absolute atomic E-state index is 9.79. The summed E-state index contributed by atoms with van der Waals surface area (Å²) < 4.78 is 0. The van der Waals surface area contributed by atoms with E-state index in [9.17, 15) is 5.11 Å². The first-order valence-electron chi connectivity index (χ1n) is 8.86. The molecule has 1 aliphatic heterocycles. The van der Waals surface area contributed by atoms with Gasteiger partial charge in [-0.25, -0.2) is 0 Å². The molecule has 1 saturated heterocycles. The van der Waals surface area contributed by atoms with Gasteiger partial charge in [0.2, 0.25) is 0 Å². The van der Waals surface area contributed by atoms with Gasteiger partial charge < -0.3 is 5.11 Å². The van der Waals surface area contributed by atoms with Crippen molar-refractivity contribution in [2.24, 2.45) is 5.92 Å². The highest BCUT2D eigenvalue weighted by Crippen LogP contribution is 2.36. The van der Waals surface area contributed by atoms with Crippen LogP contribution in [0.25, 0.3) is 0 Å². The Balaban J connectivity index is 2.48. The molecule has 0 amide bonds. The number of benzene rings is 1. The Bertz CT molecular complexity index is 483. The third-order valence-corrected chi connectivity index (χ3v) is 5.07. The Hall–Kier alpha value is -0.860. The van der Waals surface area contributed by atoms with Crippen LogP contribution in [0.1, 0.15) is 70.2 Å². The first-order valence-corrected chi connectivity index (χ1v) is 8.86. The second kappa shape index (κ2) is 7.14. The van der Waals surface area contributed by atoms with Crippen molar-refractivity contribution in [3.05, 3.63) is 34.9 Å². The Morgan fingerprint density at radius 2 is 1.82 bits per heavy atom. The van der Waals surface area contributed by atoms with E-state index in [1.807, 2.05) is 0 Å². The van der Waals surface area contributed by atoms with Crippen LogP contribution in [0.2, 0.25) is 0 Å². The Morgan fingerprint density at radius 3 is 2.32 bits per heavy atom. The fraction of sp³-hybridized carbons (Fsp3) is 0.700. The summed E-state index contributed by atoms with van der Waals surface area (Å²) in [6.07, 6.45) is 3.63. The fourth-order valence-corrected chi connectivity index (χ4v) is 3.64. The van der Waals surface area contributed by atoms with E-state index in [-0.39, 0.29) is 17.9 Å². The van der Waals surface area contributed by atoms with Crippen molar-refractivity contribution >= 4 is 0 Å². The van der Waals surface area contributed by atoms with E-state index in [0.717, 1.165) is 19.5 Å². The minimum atomic E-state index is 0.166. The summed E-state index contributed by atoms with van der Waals surface area (Å²) in [6, 6.07) is 7.36. The standard InChI is InChI=1S/C20H33NO/c1-6-16-9-10-17(20(3,4)5)13-18(16)19(15(2)14-22)21-11-7-8-12-21/h9-10,13,15,19,22H,6-8,11-12,14H2,1-5H3. The molecule has 0 bridgehead atoms. The van der Waals surface area contributed by atoms with Gasteiger partial charge in [0.25, 0.3) is 0 Å². The lowest BCUT2D eigenvalue weighted by Gasteiger charge is -2.34. The lowest BCUT2D eigenvalue weighted by Crippen LogP contribution is -2.33. The smallest absolute Gasteiger partial charge is 0.0474 e. The van der Waals surface area contributed by atoms with Gasteiger partial charge in [-0.1, -0.05) is 52.8 Å². The number of rotatable bonds is 5. The number of nitrogens with zero attached hydrogens (tertiary/aromatic N) is 1. The van der Waals surface area contributed by atoms with E-state index in [1.165, 1.54) is 29.5 Å². The first-order chi connectivity index (χ1) is 10.4. The average Bonchev–Trinajstić information content (AvgIpc) is 3.00. The second-order valence-corrected chi connectivity index (χ2v) is 7.86. The summed E-state index contributed by atoms with van der Waals surface area (Å²) in [6.45, 7) is 13.8. The van der Waals surface area contributed by atoms with Crippen LogP contribution in [0, 0.1) is 5.92 Å². The van der Waals surface area contributed by atoms with Gasteiger partial charge in [-0.3, -0.25) is 4.90 Å². The van der Waals surface area contributed by atoms with E-state index in [1.54, 1.807) is 0 Å². The van der Waals surface area contributed by atoms with E-state index in [2.05, 4.69) is 57.7 Å². The first kappa shape index (κ1) is 17.5. The molecule has 2 atom stereocenters. The molecule has 2 heteroatoms. The number of likely N-dealkylation sites (tertiary alicyclic amines) is 1. The van der Waals surface area contributed by atoms with Crippen LogP contribution in [0.4, 0.5) is 0 Å². The van der Waals surface area contributed by atoms with Crippen molar-refractivity contribution < 1.29 is 5.11 Å². The predicted octanol–water partition coefficient (Wildman–Crippen LogP) is 4.31. The number of aliphatic hydroxyl groups excluding tert-OH is 1. The van der Waals surface area contributed by atoms with Crippen molar-refractivity contribution in [2.45, 2.75) is 65.3 Å². The Kier molecular flexibility index (Phi) is 5.68. The molecule has 1 aromatic carbocycles. The summed E-state index contributed by atoms with van der Waals surface area (Å²) in [5.74, 6) is 0.276. The molecule has 1 heterocycles. The van der Waals surface area contributed by atoms with E-state index < -0.39 is 0 Å². The molecular weight excluding hydrogens is 270 g/mol. The summed E-state index contributed by atoms with van der Waals surface area (Å²) in [4.78, 5) is 2.59. The van der Waals surface area contributed by atoms with Crippen LogP contribution in [-0.4, -0.2) is 29.7 Å². The van der Waals surface area contributed by atoms with Crippen molar-refractivity contribution in [3.8, 4) is 0 Å². The van der Waals surface area contributed by atoms with Gasteiger partial charge in [0.05, 0.1) is 0 Å². The minimum Gasteiger partial charge on any atom is -0.396 e. The van der Waals surface area contributed by atoms with Crippen LogP contribution < -0.4 is 0 Å². The summed E-state index contributed by atoms with van der Waals surface area (Å²) >= 11 is 0. The molecule has 2 rings (SSSR count). The number of hydrogen-bond donors (Lipinski definition) is 1. The summed E-state index contributed by atoms with van der Waals surface area (Å²) in [5.41, 5.74) is 4.44. The molecule has 0 radical (unpaired) electrons. The molecule has 124 valence electrons. The Morgan fingerprint density at radius 1 is 1.18 bits per heavy atom. The molecule has 2 unspecified atom stereocenters. The monoisotopic (exact) mass is 303 g/mol. The second-order valence-electron chi connectivity index (χ2n) is 7.86. The Labute approximate surface area is 136 Å². The van der Waals surface area contributed by atoms with Gasteiger partial charge >= 0.3 is 0 Å². The zero-order valence-electron chi connectivity index (χ0n) is 15.0. The van der Waals surface area contributed by atoms with Crippen LogP contribution in [0.3, 0.4) is 0 Å². The highest BCUT2D eigenvalue weighted by molar-refractivity contribution is 5.38. The zero-order chi connectivity index (χ0) is 16.3. The fourth-order valence-electron chi connectivity index (χ4n) is 3.64. The maximum atomic E-state index is 9.79. The van der Waals surface area contributed by atoms with E-state index in [0.29, 0.717) is 6.04 Å². The molecule has 0 spiro atoms. The van der Waals surface area contributed by atoms with Crippen molar-refractivity contribution in [2.75, 3.05) is 19.7 Å². The van der Waals surface area contributed by atoms with Gasteiger partial charge in [0.15, 0.2) is 0 Å². The molecule has 1 fully saturated rings. The molecule has 22 heavy (non-hydrogen) atoms. The van der Waals surface area contributed by atoms with E-state index in [4.69, 9.17) is 0 Å². The average molecular weight is 303 g/mol. The number of aliphatic hydroxyl groups is 1. The lowest BCUT2D eigenvalue weighted by atomic mass is 9.81. The van der Waals surface area contributed by atoms with Gasteiger partial charge in [0, 0.05) is 12.6 Å². The van der Waals surface area contributed by atoms with Crippen LogP contribution in [-0.2, 0) is 11.8 Å². The summed E-state index contributed by atoms with van der Waals surface area (Å²) in [5, 5.41) is 9.79.